The average molecular weight is 368 g/mol. The van der Waals surface area contributed by atoms with Gasteiger partial charge in [-0.3, -0.25) is 9.59 Å². The minimum absolute atomic E-state index is 0.00843. The second kappa shape index (κ2) is 8.26. The molecule has 1 aromatic carbocycles. The predicted molar refractivity (Wildman–Crippen MR) is 75.7 cm³/mol. The number of carbonyl (C=O) groups is 2. The Morgan fingerprint density at radius 3 is 1.56 bits per heavy atom. The average Bonchev–Trinajstić information content (AvgIpc) is 2.60. The van der Waals surface area contributed by atoms with Gasteiger partial charge in [0.15, 0.2) is 28.7 Å². The summed E-state index contributed by atoms with van der Waals surface area (Å²) in [6.07, 6.45) is -0.0590. The van der Waals surface area contributed by atoms with Crippen molar-refractivity contribution in [2.24, 2.45) is 5.41 Å². The summed E-state index contributed by atoms with van der Waals surface area (Å²) in [7, 11) is 0. The second-order valence-corrected chi connectivity index (χ2v) is 5.13. The van der Waals surface area contributed by atoms with Gasteiger partial charge in [-0.2, -0.15) is 0 Å². The maximum atomic E-state index is 13.6. The van der Waals surface area contributed by atoms with Crippen molar-refractivity contribution in [2.45, 2.75) is 40.2 Å². The molecule has 0 unspecified atom stereocenters. The Kier molecular flexibility index (Phi) is 6.89. The van der Waals surface area contributed by atoms with E-state index in [9.17, 15) is 31.5 Å². The first-order chi connectivity index (χ1) is 11.7. The summed E-state index contributed by atoms with van der Waals surface area (Å²) < 4.78 is 75.9. The molecule has 0 saturated heterocycles. The zero-order valence-corrected chi connectivity index (χ0v) is 13.9. The Hall–Kier alpha value is -2.19. The molecule has 4 nitrogen and oxygen atoms in total. The molecule has 0 aliphatic heterocycles. The molecule has 0 aromatic heterocycles. The molecule has 0 spiro atoms. The SMILES string of the molecule is CCOC(=O)C(CC)(CC)C(=O)OCc1c(F)c(F)c(F)c(F)c1F. The van der Waals surface area contributed by atoms with Crippen LogP contribution in [0.2, 0.25) is 0 Å². The van der Waals surface area contributed by atoms with Crippen LogP contribution in [0, 0.1) is 34.5 Å². The van der Waals surface area contributed by atoms with Gasteiger partial charge in [0.05, 0.1) is 12.2 Å². The Morgan fingerprint density at radius 2 is 1.16 bits per heavy atom. The smallest absolute Gasteiger partial charge is 0.323 e. The van der Waals surface area contributed by atoms with Gasteiger partial charge in [-0.15, -0.1) is 0 Å². The largest absolute Gasteiger partial charge is 0.465 e. The molecule has 0 heterocycles. The summed E-state index contributed by atoms with van der Waals surface area (Å²) >= 11 is 0. The van der Waals surface area contributed by atoms with Crippen molar-refractivity contribution in [3.63, 3.8) is 0 Å². The van der Waals surface area contributed by atoms with Crippen molar-refractivity contribution in [1.29, 1.82) is 0 Å². The number of carbonyl (C=O) groups excluding carboxylic acids is 2. The van der Waals surface area contributed by atoms with Crippen LogP contribution in [0.3, 0.4) is 0 Å². The fourth-order valence-electron chi connectivity index (χ4n) is 2.23. The molecule has 1 rings (SSSR count). The van der Waals surface area contributed by atoms with E-state index in [1.165, 1.54) is 20.8 Å². The van der Waals surface area contributed by atoms with E-state index in [-0.39, 0.29) is 19.4 Å². The third-order valence-corrected chi connectivity index (χ3v) is 3.91. The fraction of sp³-hybridized carbons (Fsp3) is 0.500. The van der Waals surface area contributed by atoms with Crippen molar-refractivity contribution >= 4 is 11.9 Å². The number of rotatable bonds is 7. The first-order valence-electron chi connectivity index (χ1n) is 7.52. The Labute approximate surface area is 140 Å². The predicted octanol–water partition coefficient (Wildman–Crippen LogP) is 3.79. The monoisotopic (exact) mass is 368 g/mol. The third kappa shape index (κ3) is 3.74. The Balaban J connectivity index is 3.12. The van der Waals surface area contributed by atoms with Crippen LogP contribution in [0.1, 0.15) is 39.2 Å². The lowest BCUT2D eigenvalue weighted by Crippen LogP contribution is -2.41. The number of hydrogen-bond acceptors (Lipinski definition) is 4. The van der Waals surface area contributed by atoms with E-state index < -0.39 is 58.6 Å². The van der Waals surface area contributed by atoms with E-state index in [1.807, 2.05) is 0 Å². The summed E-state index contributed by atoms with van der Waals surface area (Å²) in [5.74, 6) is -12.9. The van der Waals surface area contributed by atoms with Crippen LogP contribution in [0.25, 0.3) is 0 Å². The quantitative estimate of drug-likeness (QED) is 0.242. The summed E-state index contributed by atoms with van der Waals surface area (Å²) in [6.45, 7) is 3.30. The van der Waals surface area contributed by atoms with Crippen LogP contribution >= 0.6 is 0 Å². The van der Waals surface area contributed by atoms with Gasteiger partial charge in [-0.05, 0) is 19.8 Å². The molecule has 1 aromatic rings. The standard InChI is InChI=1S/C16H17F5O4/c1-4-16(5-2,14(22)24-6-3)15(23)25-7-8-9(17)11(19)13(21)12(20)10(8)18/h4-7H2,1-3H3. The minimum Gasteiger partial charge on any atom is -0.465 e. The van der Waals surface area contributed by atoms with Crippen LogP contribution in [-0.4, -0.2) is 18.5 Å². The van der Waals surface area contributed by atoms with Crippen molar-refractivity contribution in [2.75, 3.05) is 6.61 Å². The summed E-state index contributed by atoms with van der Waals surface area (Å²) in [6, 6.07) is 0. The van der Waals surface area contributed by atoms with Gasteiger partial charge in [-0.25, -0.2) is 22.0 Å². The van der Waals surface area contributed by atoms with E-state index in [4.69, 9.17) is 4.74 Å². The van der Waals surface area contributed by atoms with Gasteiger partial charge in [0, 0.05) is 0 Å². The van der Waals surface area contributed by atoms with Crippen LogP contribution in [0.15, 0.2) is 0 Å². The highest BCUT2D eigenvalue weighted by Crippen LogP contribution is 2.31. The lowest BCUT2D eigenvalue weighted by molar-refractivity contribution is -0.174. The number of ether oxygens (including phenoxy) is 2. The second-order valence-electron chi connectivity index (χ2n) is 5.13. The van der Waals surface area contributed by atoms with Crippen LogP contribution in [-0.2, 0) is 25.7 Å². The van der Waals surface area contributed by atoms with Crippen LogP contribution in [0.5, 0.6) is 0 Å². The van der Waals surface area contributed by atoms with Crippen molar-refractivity contribution in [3.8, 4) is 0 Å². The van der Waals surface area contributed by atoms with Gasteiger partial charge in [-0.1, -0.05) is 13.8 Å². The van der Waals surface area contributed by atoms with E-state index in [1.54, 1.807) is 0 Å². The normalized spacial score (nSPS) is 11.4. The number of hydrogen-bond donors (Lipinski definition) is 0. The highest BCUT2D eigenvalue weighted by atomic mass is 19.2. The molecule has 0 aliphatic carbocycles. The highest BCUT2D eigenvalue weighted by molar-refractivity contribution is 5.99. The van der Waals surface area contributed by atoms with E-state index >= 15 is 0 Å². The molecule has 25 heavy (non-hydrogen) atoms. The van der Waals surface area contributed by atoms with Gasteiger partial charge in [0.2, 0.25) is 5.82 Å². The number of esters is 2. The first kappa shape index (κ1) is 20.9. The summed E-state index contributed by atoms with van der Waals surface area (Å²) in [4.78, 5) is 24.3. The Bertz CT molecular complexity index is 642. The molecule has 0 saturated carbocycles. The molecule has 140 valence electrons. The molecular formula is C16H17F5O4. The van der Waals surface area contributed by atoms with Crippen molar-refractivity contribution in [1.82, 2.24) is 0 Å². The maximum Gasteiger partial charge on any atom is 0.323 e. The lowest BCUT2D eigenvalue weighted by atomic mass is 9.82. The van der Waals surface area contributed by atoms with Gasteiger partial charge < -0.3 is 9.47 Å². The fourth-order valence-corrected chi connectivity index (χ4v) is 2.23. The molecule has 0 fully saturated rings. The molecule has 0 aliphatic rings. The summed E-state index contributed by atoms with van der Waals surface area (Å²) in [5.41, 5.74) is -3.02. The zero-order valence-electron chi connectivity index (χ0n) is 13.9. The van der Waals surface area contributed by atoms with E-state index in [0.29, 0.717) is 0 Å². The van der Waals surface area contributed by atoms with Gasteiger partial charge in [0.25, 0.3) is 0 Å². The van der Waals surface area contributed by atoms with E-state index in [2.05, 4.69) is 4.74 Å². The zero-order chi connectivity index (χ0) is 19.4. The molecule has 0 atom stereocenters. The number of halogens is 5. The van der Waals surface area contributed by atoms with Gasteiger partial charge in [0.1, 0.15) is 6.61 Å². The summed E-state index contributed by atoms with van der Waals surface area (Å²) in [5, 5.41) is 0. The van der Waals surface area contributed by atoms with E-state index in [0.717, 1.165) is 0 Å². The Morgan fingerprint density at radius 1 is 0.760 bits per heavy atom. The lowest BCUT2D eigenvalue weighted by Gasteiger charge is -2.26. The molecule has 9 heteroatoms. The molecule has 0 amide bonds. The highest BCUT2D eigenvalue weighted by Gasteiger charge is 2.46. The maximum absolute atomic E-state index is 13.6. The van der Waals surface area contributed by atoms with Crippen molar-refractivity contribution < 1.29 is 41.0 Å². The minimum atomic E-state index is -2.31. The molecule has 0 radical (unpaired) electrons. The molecule has 0 N–H and O–H groups in total. The molecular weight excluding hydrogens is 351 g/mol. The number of benzene rings is 1. The van der Waals surface area contributed by atoms with Crippen molar-refractivity contribution in [3.05, 3.63) is 34.6 Å². The third-order valence-electron chi connectivity index (χ3n) is 3.91. The topological polar surface area (TPSA) is 52.6 Å². The van der Waals surface area contributed by atoms with Crippen LogP contribution < -0.4 is 0 Å². The van der Waals surface area contributed by atoms with Gasteiger partial charge >= 0.3 is 11.9 Å². The molecule has 0 bridgehead atoms. The van der Waals surface area contributed by atoms with Crippen LogP contribution in [0.4, 0.5) is 22.0 Å². The first-order valence-corrected chi connectivity index (χ1v) is 7.52.